The fourth-order valence-electron chi connectivity index (χ4n) is 1.41. The Morgan fingerprint density at radius 2 is 2.44 bits per heavy atom. The zero-order chi connectivity index (χ0) is 11.5. The summed E-state index contributed by atoms with van der Waals surface area (Å²) in [5.74, 6) is 0.332. The number of rotatable bonds is 5. The quantitative estimate of drug-likeness (QED) is 0.755. The summed E-state index contributed by atoms with van der Waals surface area (Å²) >= 11 is 0. The summed E-state index contributed by atoms with van der Waals surface area (Å²) < 4.78 is 5.03. The number of nitrogens with zero attached hydrogens (tertiary/aromatic N) is 2. The van der Waals surface area contributed by atoms with Crippen LogP contribution in [-0.4, -0.2) is 28.6 Å². The van der Waals surface area contributed by atoms with Crippen molar-refractivity contribution in [1.29, 1.82) is 0 Å². The van der Waals surface area contributed by atoms with Crippen molar-refractivity contribution >= 4 is 5.91 Å². The van der Waals surface area contributed by atoms with Gasteiger partial charge in [-0.3, -0.25) is 4.79 Å². The lowest BCUT2D eigenvalue weighted by atomic mass is 10.1. The topological polar surface area (TPSA) is 94.0 Å². The highest BCUT2D eigenvalue weighted by Gasteiger charge is 2.26. The molecule has 0 saturated heterocycles. The maximum Gasteiger partial charge on any atom is 0.292 e. The first-order valence-corrected chi connectivity index (χ1v) is 5.59. The van der Waals surface area contributed by atoms with Gasteiger partial charge in [0.25, 0.3) is 11.7 Å². The van der Waals surface area contributed by atoms with Gasteiger partial charge in [0.15, 0.2) is 0 Å². The Balaban J connectivity index is 2.02. The van der Waals surface area contributed by atoms with E-state index in [0.29, 0.717) is 18.5 Å². The van der Waals surface area contributed by atoms with Crippen LogP contribution in [0.1, 0.15) is 48.6 Å². The van der Waals surface area contributed by atoms with E-state index in [4.69, 9.17) is 10.3 Å². The Bertz CT molecular complexity index is 369. The van der Waals surface area contributed by atoms with Crippen molar-refractivity contribution in [3.63, 3.8) is 0 Å². The standard InChI is InChI=1S/C10H16N4O2/c1-2-6(5-11)10-13-8(14-16-10)9(15)12-7-3-4-7/h6-7H,2-5,11H2,1H3,(H,12,15). The van der Waals surface area contributed by atoms with Gasteiger partial charge < -0.3 is 15.6 Å². The zero-order valence-corrected chi connectivity index (χ0v) is 9.27. The van der Waals surface area contributed by atoms with E-state index < -0.39 is 0 Å². The normalized spacial score (nSPS) is 17.1. The monoisotopic (exact) mass is 224 g/mol. The molecule has 1 unspecified atom stereocenters. The highest BCUT2D eigenvalue weighted by Crippen LogP contribution is 2.19. The van der Waals surface area contributed by atoms with Crippen LogP contribution in [0.2, 0.25) is 0 Å². The summed E-state index contributed by atoms with van der Waals surface area (Å²) in [6.45, 7) is 2.44. The van der Waals surface area contributed by atoms with Crippen LogP contribution >= 0.6 is 0 Å². The number of amides is 1. The van der Waals surface area contributed by atoms with Gasteiger partial charge in [0.05, 0.1) is 5.92 Å². The van der Waals surface area contributed by atoms with Gasteiger partial charge in [-0.25, -0.2) is 0 Å². The molecule has 0 bridgehead atoms. The van der Waals surface area contributed by atoms with E-state index in [1.807, 2.05) is 6.92 Å². The Labute approximate surface area is 93.6 Å². The largest absolute Gasteiger partial charge is 0.346 e. The third kappa shape index (κ3) is 2.38. The van der Waals surface area contributed by atoms with Crippen molar-refractivity contribution in [3.05, 3.63) is 11.7 Å². The molecule has 3 N–H and O–H groups in total. The average molecular weight is 224 g/mol. The minimum absolute atomic E-state index is 0.0370. The molecule has 0 aromatic carbocycles. The van der Waals surface area contributed by atoms with Crippen molar-refractivity contribution in [2.45, 2.75) is 38.1 Å². The lowest BCUT2D eigenvalue weighted by Crippen LogP contribution is -2.26. The first-order chi connectivity index (χ1) is 7.74. The summed E-state index contributed by atoms with van der Waals surface area (Å²) in [6.07, 6.45) is 2.90. The number of hydrogen-bond donors (Lipinski definition) is 2. The van der Waals surface area contributed by atoms with Crippen LogP contribution in [0.4, 0.5) is 0 Å². The van der Waals surface area contributed by atoms with E-state index in [1.54, 1.807) is 0 Å². The molecule has 0 aliphatic heterocycles. The molecule has 1 aliphatic rings. The molecule has 1 atom stereocenters. The highest BCUT2D eigenvalue weighted by atomic mass is 16.5. The molecule has 16 heavy (non-hydrogen) atoms. The summed E-state index contributed by atoms with van der Waals surface area (Å²) in [6, 6.07) is 0.297. The van der Waals surface area contributed by atoms with E-state index >= 15 is 0 Å². The number of carbonyl (C=O) groups excluding carboxylic acids is 1. The number of aromatic nitrogens is 2. The molecular weight excluding hydrogens is 208 g/mol. The molecule has 6 heteroatoms. The summed E-state index contributed by atoms with van der Waals surface area (Å²) in [7, 11) is 0. The molecule has 1 aromatic heterocycles. The molecule has 1 aromatic rings. The van der Waals surface area contributed by atoms with Gasteiger partial charge in [-0.2, -0.15) is 4.98 Å². The summed E-state index contributed by atoms with van der Waals surface area (Å²) in [5, 5.41) is 6.46. The number of nitrogens with one attached hydrogen (secondary N) is 1. The third-order valence-corrected chi connectivity index (χ3v) is 2.68. The van der Waals surface area contributed by atoms with Crippen molar-refractivity contribution in [2.75, 3.05) is 6.54 Å². The van der Waals surface area contributed by atoms with Crippen molar-refractivity contribution < 1.29 is 9.32 Å². The Morgan fingerprint density at radius 1 is 1.69 bits per heavy atom. The fourth-order valence-corrected chi connectivity index (χ4v) is 1.41. The van der Waals surface area contributed by atoms with Gasteiger partial charge in [-0.15, -0.1) is 0 Å². The highest BCUT2D eigenvalue weighted by molar-refractivity contribution is 5.90. The van der Waals surface area contributed by atoms with Gasteiger partial charge in [0, 0.05) is 12.6 Å². The fraction of sp³-hybridized carbons (Fsp3) is 0.700. The molecule has 1 saturated carbocycles. The first kappa shape index (κ1) is 11.1. The van der Waals surface area contributed by atoms with Crippen LogP contribution < -0.4 is 11.1 Å². The lowest BCUT2D eigenvalue weighted by molar-refractivity contribution is 0.0937. The number of nitrogens with two attached hydrogens (primary N) is 1. The third-order valence-electron chi connectivity index (χ3n) is 2.68. The van der Waals surface area contributed by atoms with Crippen LogP contribution in [0, 0.1) is 0 Å². The van der Waals surface area contributed by atoms with E-state index in [2.05, 4.69) is 15.5 Å². The Morgan fingerprint density at radius 3 is 3.00 bits per heavy atom. The summed E-state index contributed by atoms with van der Waals surface area (Å²) in [5.41, 5.74) is 5.56. The van der Waals surface area contributed by atoms with Gasteiger partial charge in [-0.05, 0) is 19.3 Å². The molecule has 88 valence electrons. The number of hydrogen-bond acceptors (Lipinski definition) is 5. The van der Waals surface area contributed by atoms with Gasteiger partial charge >= 0.3 is 0 Å². The number of carbonyl (C=O) groups is 1. The smallest absolute Gasteiger partial charge is 0.292 e. The molecule has 0 spiro atoms. The maximum absolute atomic E-state index is 11.6. The molecule has 0 radical (unpaired) electrons. The van der Waals surface area contributed by atoms with E-state index in [1.165, 1.54) is 0 Å². The second-order valence-corrected chi connectivity index (χ2v) is 4.04. The van der Waals surface area contributed by atoms with Gasteiger partial charge in [-0.1, -0.05) is 12.1 Å². The van der Waals surface area contributed by atoms with Gasteiger partial charge in [0.1, 0.15) is 0 Å². The van der Waals surface area contributed by atoms with E-state index in [0.717, 1.165) is 19.3 Å². The minimum atomic E-state index is -0.260. The van der Waals surface area contributed by atoms with Crippen molar-refractivity contribution in [2.24, 2.45) is 5.73 Å². The van der Waals surface area contributed by atoms with E-state index in [9.17, 15) is 4.79 Å². The van der Waals surface area contributed by atoms with Crippen LogP contribution in [0.5, 0.6) is 0 Å². The van der Waals surface area contributed by atoms with Crippen LogP contribution in [0.25, 0.3) is 0 Å². The molecule has 1 fully saturated rings. The lowest BCUT2D eigenvalue weighted by Gasteiger charge is -2.04. The van der Waals surface area contributed by atoms with Crippen molar-refractivity contribution in [1.82, 2.24) is 15.5 Å². The second-order valence-electron chi connectivity index (χ2n) is 4.04. The second kappa shape index (κ2) is 4.61. The Kier molecular flexibility index (Phi) is 3.19. The molecule has 1 amide bonds. The molecular formula is C10H16N4O2. The van der Waals surface area contributed by atoms with Crippen LogP contribution in [-0.2, 0) is 0 Å². The predicted molar refractivity (Wildman–Crippen MR) is 56.9 cm³/mol. The van der Waals surface area contributed by atoms with Crippen molar-refractivity contribution in [3.8, 4) is 0 Å². The molecule has 1 aliphatic carbocycles. The Hall–Kier alpha value is -1.43. The molecule has 6 nitrogen and oxygen atoms in total. The maximum atomic E-state index is 11.6. The molecule has 2 rings (SSSR count). The summed E-state index contributed by atoms with van der Waals surface area (Å²) in [4.78, 5) is 15.6. The SMILES string of the molecule is CCC(CN)c1nc(C(=O)NC2CC2)no1. The van der Waals surface area contributed by atoms with Crippen LogP contribution in [0.3, 0.4) is 0 Å². The van der Waals surface area contributed by atoms with Crippen LogP contribution in [0.15, 0.2) is 4.52 Å². The predicted octanol–water partition coefficient (Wildman–Crippen LogP) is 0.414. The first-order valence-electron chi connectivity index (χ1n) is 5.59. The van der Waals surface area contributed by atoms with Gasteiger partial charge in [0.2, 0.25) is 5.89 Å². The van der Waals surface area contributed by atoms with E-state index in [-0.39, 0.29) is 17.6 Å². The minimum Gasteiger partial charge on any atom is -0.346 e. The zero-order valence-electron chi connectivity index (χ0n) is 9.27. The molecule has 1 heterocycles. The average Bonchev–Trinajstić information content (AvgIpc) is 2.96.